The van der Waals surface area contributed by atoms with Gasteiger partial charge in [0.05, 0.1) is 5.39 Å². The van der Waals surface area contributed by atoms with Crippen LogP contribution in [0.1, 0.15) is 19.3 Å². The topological polar surface area (TPSA) is 113 Å². The van der Waals surface area contributed by atoms with Crippen LogP contribution in [0.2, 0.25) is 0 Å². The van der Waals surface area contributed by atoms with Crippen LogP contribution in [0.5, 0.6) is 5.75 Å². The van der Waals surface area contributed by atoms with Crippen molar-refractivity contribution in [2.75, 3.05) is 38.5 Å². The molecular weight excluding hydrogens is 406 g/mol. The van der Waals surface area contributed by atoms with Crippen LogP contribution in [0.25, 0.3) is 22.3 Å². The van der Waals surface area contributed by atoms with E-state index in [0.29, 0.717) is 5.82 Å². The molecule has 3 aromatic rings. The van der Waals surface area contributed by atoms with E-state index in [2.05, 4.69) is 21.4 Å². The van der Waals surface area contributed by atoms with E-state index in [1.54, 1.807) is 12.1 Å². The molecule has 9 heteroatoms. The molecule has 32 heavy (non-hydrogen) atoms. The maximum absolute atomic E-state index is 11.7. The van der Waals surface area contributed by atoms with Crippen molar-refractivity contribution in [1.82, 2.24) is 29.5 Å². The van der Waals surface area contributed by atoms with Gasteiger partial charge in [-0.15, -0.1) is 0 Å². The number of carbonyl (C=O) groups is 1. The highest BCUT2D eigenvalue weighted by molar-refractivity contribution is 5.98. The molecule has 0 saturated carbocycles. The monoisotopic (exact) mass is 435 g/mol. The molecule has 4 rings (SSSR count). The number of nitrogen functional groups attached to an aromatic ring is 1. The maximum atomic E-state index is 11.7. The summed E-state index contributed by atoms with van der Waals surface area (Å²) in [6, 6.07) is 6.90. The quantitative estimate of drug-likeness (QED) is 0.412. The number of nitrogens with two attached hydrogens (primary N) is 1. The van der Waals surface area contributed by atoms with E-state index in [-0.39, 0.29) is 11.7 Å². The van der Waals surface area contributed by atoms with Crippen molar-refractivity contribution in [3.63, 3.8) is 0 Å². The van der Waals surface area contributed by atoms with E-state index in [0.717, 1.165) is 80.8 Å². The van der Waals surface area contributed by atoms with Crippen molar-refractivity contribution in [3.05, 3.63) is 43.2 Å². The molecule has 0 aliphatic carbocycles. The van der Waals surface area contributed by atoms with Crippen molar-refractivity contribution < 1.29 is 9.90 Å². The van der Waals surface area contributed by atoms with Crippen LogP contribution in [0.3, 0.4) is 0 Å². The third-order valence-corrected chi connectivity index (χ3v) is 5.90. The van der Waals surface area contributed by atoms with E-state index in [4.69, 9.17) is 10.8 Å². The summed E-state index contributed by atoms with van der Waals surface area (Å²) < 4.78 is 1.90. The number of aromatic hydroxyl groups is 1. The molecule has 0 atom stereocenters. The third-order valence-electron chi connectivity index (χ3n) is 5.90. The van der Waals surface area contributed by atoms with Crippen LogP contribution in [-0.4, -0.2) is 73.3 Å². The first kappa shape index (κ1) is 21.8. The number of piperazine rings is 1. The number of nitrogens with zero attached hydrogens (tertiary/aromatic N) is 6. The average Bonchev–Trinajstić information content (AvgIpc) is 3.19. The zero-order valence-corrected chi connectivity index (χ0v) is 18.2. The zero-order valence-electron chi connectivity index (χ0n) is 18.2. The number of aryl methyl sites for hydroxylation is 1. The normalized spacial score (nSPS) is 14.7. The Morgan fingerprint density at radius 2 is 1.78 bits per heavy atom. The van der Waals surface area contributed by atoms with Gasteiger partial charge in [-0.25, -0.2) is 14.6 Å². The molecule has 0 unspecified atom stereocenters. The van der Waals surface area contributed by atoms with Crippen LogP contribution >= 0.6 is 0 Å². The Kier molecular flexibility index (Phi) is 6.65. The predicted molar refractivity (Wildman–Crippen MR) is 124 cm³/mol. The largest absolute Gasteiger partial charge is 0.508 e. The number of phenols is 1. The molecule has 1 aromatic carbocycles. The molecule has 1 aliphatic rings. The number of phenolic OH excluding ortho intramolecular Hbond substituents is 1. The molecule has 2 aromatic heterocycles. The number of carbonyl (C=O) groups excluding carboxylic acids is 1. The molecular formula is C23H29N7O2. The number of hydrogen-bond acceptors (Lipinski definition) is 7. The van der Waals surface area contributed by atoms with Gasteiger partial charge in [-0.2, -0.15) is 5.10 Å². The lowest BCUT2D eigenvalue weighted by Gasteiger charge is -2.34. The number of amides is 1. The van der Waals surface area contributed by atoms with Crippen LogP contribution < -0.4 is 5.73 Å². The minimum Gasteiger partial charge on any atom is -0.508 e. The number of anilines is 1. The van der Waals surface area contributed by atoms with Crippen molar-refractivity contribution >= 4 is 22.8 Å². The fourth-order valence-electron chi connectivity index (χ4n) is 4.10. The van der Waals surface area contributed by atoms with Crippen LogP contribution in [0, 0.1) is 0 Å². The van der Waals surface area contributed by atoms with Gasteiger partial charge in [-0.1, -0.05) is 13.0 Å². The van der Waals surface area contributed by atoms with Crippen molar-refractivity contribution in [2.24, 2.45) is 0 Å². The van der Waals surface area contributed by atoms with E-state index in [1.807, 2.05) is 21.7 Å². The molecule has 3 N–H and O–H groups in total. The number of hydrogen-bond donors (Lipinski definition) is 2. The molecule has 0 spiro atoms. The second-order valence-electron chi connectivity index (χ2n) is 8.01. The van der Waals surface area contributed by atoms with E-state index in [9.17, 15) is 9.90 Å². The Morgan fingerprint density at radius 1 is 1.06 bits per heavy atom. The third kappa shape index (κ3) is 4.72. The van der Waals surface area contributed by atoms with Gasteiger partial charge in [0.25, 0.3) is 0 Å². The maximum Gasteiger partial charge on any atom is 0.246 e. The number of unbranched alkanes of at least 4 members (excludes halogenated alkanes) is 2. The number of aromatic nitrogens is 4. The molecule has 9 nitrogen and oxygen atoms in total. The van der Waals surface area contributed by atoms with Gasteiger partial charge in [-0.3, -0.25) is 9.69 Å². The lowest BCUT2D eigenvalue weighted by molar-refractivity contribution is -0.127. The summed E-state index contributed by atoms with van der Waals surface area (Å²) in [4.78, 5) is 24.5. The predicted octanol–water partition coefficient (Wildman–Crippen LogP) is 2.28. The standard InChI is InChI=1S/C23H29N7O2/c1-2-19(32)29-14-12-28(13-15-29)10-4-3-5-11-30-23-20(22(24)25-16-26-23)21(27-30)17-6-8-18(31)9-7-17/h2,6-9,16,31H,1,3-5,10-15H2,(H2,24,25,26). The summed E-state index contributed by atoms with van der Waals surface area (Å²) >= 11 is 0. The molecule has 3 heterocycles. The van der Waals surface area contributed by atoms with Gasteiger partial charge in [-0.05, 0) is 49.7 Å². The van der Waals surface area contributed by atoms with Gasteiger partial charge < -0.3 is 15.7 Å². The van der Waals surface area contributed by atoms with Crippen LogP contribution in [0.15, 0.2) is 43.2 Å². The summed E-state index contributed by atoms with van der Waals surface area (Å²) in [7, 11) is 0. The molecule has 0 bridgehead atoms. The Labute approximate surface area is 187 Å². The minimum atomic E-state index is 0.0206. The summed E-state index contributed by atoms with van der Waals surface area (Å²) in [6.07, 6.45) is 6.00. The van der Waals surface area contributed by atoms with Crippen molar-refractivity contribution in [1.29, 1.82) is 0 Å². The SMILES string of the molecule is C=CC(=O)N1CCN(CCCCCn2nc(-c3ccc(O)cc3)c3c(N)ncnc32)CC1. The molecule has 1 saturated heterocycles. The molecule has 168 valence electrons. The summed E-state index contributed by atoms with van der Waals surface area (Å²) in [6.45, 7) is 8.70. The first-order valence-corrected chi connectivity index (χ1v) is 11.0. The highest BCUT2D eigenvalue weighted by atomic mass is 16.3. The summed E-state index contributed by atoms with van der Waals surface area (Å²) in [5.74, 6) is 0.626. The summed E-state index contributed by atoms with van der Waals surface area (Å²) in [5.41, 5.74) is 8.46. The lowest BCUT2D eigenvalue weighted by atomic mass is 10.1. The highest BCUT2D eigenvalue weighted by Crippen LogP contribution is 2.31. The van der Waals surface area contributed by atoms with E-state index >= 15 is 0 Å². The fourth-order valence-corrected chi connectivity index (χ4v) is 4.10. The fraction of sp³-hybridized carbons (Fsp3) is 0.391. The van der Waals surface area contributed by atoms with E-state index < -0.39 is 0 Å². The Balaban J connectivity index is 1.33. The first-order chi connectivity index (χ1) is 15.6. The molecule has 1 fully saturated rings. The van der Waals surface area contributed by atoms with Gasteiger partial charge >= 0.3 is 0 Å². The van der Waals surface area contributed by atoms with Crippen LogP contribution in [0.4, 0.5) is 5.82 Å². The lowest BCUT2D eigenvalue weighted by Crippen LogP contribution is -2.48. The number of fused-ring (bicyclic) bond motifs is 1. The van der Waals surface area contributed by atoms with E-state index in [1.165, 1.54) is 12.4 Å². The van der Waals surface area contributed by atoms with Crippen molar-refractivity contribution in [2.45, 2.75) is 25.8 Å². The Hall–Kier alpha value is -3.46. The molecule has 1 amide bonds. The van der Waals surface area contributed by atoms with Gasteiger partial charge in [0, 0.05) is 38.3 Å². The highest BCUT2D eigenvalue weighted by Gasteiger charge is 2.19. The second kappa shape index (κ2) is 9.78. The number of rotatable bonds is 8. The molecule has 1 aliphatic heterocycles. The number of benzene rings is 1. The van der Waals surface area contributed by atoms with Crippen molar-refractivity contribution in [3.8, 4) is 17.0 Å². The average molecular weight is 436 g/mol. The van der Waals surface area contributed by atoms with Crippen LogP contribution in [-0.2, 0) is 11.3 Å². The van der Waals surface area contributed by atoms with Gasteiger partial charge in [0.15, 0.2) is 5.65 Å². The zero-order chi connectivity index (χ0) is 22.5. The minimum absolute atomic E-state index is 0.0206. The molecule has 0 radical (unpaired) electrons. The first-order valence-electron chi connectivity index (χ1n) is 11.0. The smallest absolute Gasteiger partial charge is 0.246 e. The van der Waals surface area contributed by atoms with Gasteiger partial charge in [0.2, 0.25) is 5.91 Å². The Morgan fingerprint density at radius 3 is 2.50 bits per heavy atom. The Bertz CT molecular complexity index is 1090. The summed E-state index contributed by atoms with van der Waals surface area (Å²) in [5, 5.41) is 15.1. The van der Waals surface area contributed by atoms with Gasteiger partial charge in [0.1, 0.15) is 23.6 Å². The second-order valence-corrected chi connectivity index (χ2v) is 8.01.